The highest BCUT2D eigenvalue weighted by Gasteiger charge is 2.34. The minimum atomic E-state index is -0.478. The summed E-state index contributed by atoms with van der Waals surface area (Å²) >= 11 is 0. The smallest absolute Gasteiger partial charge is 0.249 e. The molecule has 1 aliphatic rings. The highest BCUT2D eigenvalue weighted by atomic mass is 16.5. The van der Waals surface area contributed by atoms with Gasteiger partial charge in [0.2, 0.25) is 12.3 Å². The molecule has 1 aliphatic heterocycles. The van der Waals surface area contributed by atoms with E-state index in [1.165, 1.54) is 22.1 Å². The molecule has 7 nitrogen and oxygen atoms in total. The molecule has 2 rings (SSSR count). The Labute approximate surface area is 153 Å². The molecule has 1 saturated heterocycles. The Morgan fingerprint density at radius 1 is 1.38 bits per heavy atom. The third kappa shape index (κ3) is 5.66. The summed E-state index contributed by atoms with van der Waals surface area (Å²) in [4.78, 5) is 26.2. The molecule has 1 aromatic carbocycles. The average Bonchev–Trinajstić information content (AvgIpc) is 3.03. The molecule has 0 aliphatic carbocycles. The topological polar surface area (TPSA) is 79.3 Å². The van der Waals surface area contributed by atoms with Gasteiger partial charge in [-0.15, -0.1) is 0 Å². The summed E-state index contributed by atoms with van der Waals surface area (Å²) in [6, 6.07) is 9.69. The SMILES string of the molecule is CC1CC(CO)OC1N(C=O)/C=C\C(=O)N(C)COCc1ccccc1. The Hall–Kier alpha value is -2.22. The van der Waals surface area contributed by atoms with Gasteiger partial charge in [-0.2, -0.15) is 0 Å². The fourth-order valence-corrected chi connectivity index (χ4v) is 2.79. The minimum absolute atomic E-state index is 0.0732. The first kappa shape index (κ1) is 20.1. The van der Waals surface area contributed by atoms with Crippen molar-refractivity contribution < 1.29 is 24.2 Å². The monoisotopic (exact) mass is 362 g/mol. The largest absolute Gasteiger partial charge is 0.394 e. The normalized spacial score (nSPS) is 22.5. The molecule has 1 N–H and O–H groups in total. The molecular formula is C19H26N2O5. The van der Waals surface area contributed by atoms with Crippen molar-refractivity contribution in [2.75, 3.05) is 20.4 Å². The van der Waals surface area contributed by atoms with Crippen LogP contribution in [-0.4, -0.2) is 59.9 Å². The fourth-order valence-electron chi connectivity index (χ4n) is 2.79. The standard InChI is InChI=1S/C19H26N2O5/c1-15-10-17(11-22)26-19(15)21(13-23)9-8-18(24)20(2)14-25-12-16-6-4-3-5-7-16/h3-9,13,15,17,19,22H,10-12,14H2,1-2H3/b9-8-. The number of amides is 2. The molecule has 3 unspecified atom stereocenters. The van der Waals surface area contributed by atoms with E-state index >= 15 is 0 Å². The zero-order valence-corrected chi connectivity index (χ0v) is 15.2. The van der Waals surface area contributed by atoms with E-state index in [-0.39, 0.29) is 31.3 Å². The molecule has 7 heteroatoms. The molecule has 0 saturated carbocycles. The second-order valence-corrected chi connectivity index (χ2v) is 6.41. The van der Waals surface area contributed by atoms with Crippen LogP contribution in [0.5, 0.6) is 0 Å². The van der Waals surface area contributed by atoms with Gasteiger partial charge < -0.3 is 19.5 Å². The Morgan fingerprint density at radius 3 is 2.73 bits per heavy atom. The average molecular weight is 362 g/mol. The second-order valence-electron chi connectivity index (χ2n) is 6.41. The molecule has 0 bridgehead atoms. The zero-order valence-electron chi connectivity index (χ0n) is 15.2. The molecule has 2 amide bonds. The number of hydrogen-bond acceptors (Lipinski definition) is 5. The third-order valence-corrected chi connectivity index (χ3v) is 4.23. The van der Waals surface area contributed by atoms with Gasteiger partial charge in [0.15, 0.2) is 0 Å². The van der Waals surface area contributed by atoms with E-state index in [1.54, 1.807) is 7.05 Å². The van der Waals surface area contributed by atoms with Crippen molar-refractivity contribution in [3.05, 3.63) is 48.2 Å². The predicted octanol–water partition coefficient (Wildman–Crippen LogP) is 1.33. The van der Waals surface area contributed by atoms with Gasteiger partial charge in [0.1, 0.15) is 13.0 Å². The molecule has 3 atom stereocenters. The Balaban J connectivity index is 1.81. The Kier molecular flexibility index (Phi) is 7.77. The van der Waals surface area contributed by atoms with E-state index in [9.17, 15) is 14.7 Å². The fraction of sp³-hybridized carbons (Fsp3) is 0.474. The Morgan fingerprint density at radius 2 is 2.12 bits per heavy atom. The number of aliphatic hydroxyl groups is 1. The molecule has 0 spiro atoms. The summed E-state index contributed by atoms with van der Waals surface area (Å²) in [5.74, 6) is -0.210. The van der Waals surface area contributed by atoms with Crippen molar-refractivity contribution in [1.29, 1.82) is 0 Å². The highest BCUT2D eigenvalue weighted by molar-refractivity contribution is 5.87. The number of ether oxygens (including phenoxy) is 2. The second kappa shape index (κ2) is 10.1. The number of likely N-dealkylation sites (N-methyl/N-ethyl adjacent to an activating group) is 1. The Bertz CT molecular complexity index is 607. The maximum Gasteiger partial charge on any atom is 0.249 e. The van der Waals surface area contributed by atoms with Gasteiger partial charge in [0.25, 0.3) is 0 Å². The summed E-state index contributed by atoms with van der Waals surface area (Å²) in [6.07, 6.45) is 3.24. The highest BCUT2D eigenvalue weighted by Crippen LogP contribution is 2.27. The number of aliphatic hydroxyl groups excluding tert-OH is 1. The van der Waals surface area contributed by atoms with Crippen molar-refractivity contribution in [3.63, 3.8) is 0 Å². The maximum absolute atomic E-state index is 12.2. The van der Waals surface area contributed by atoms with Gasteiger partial charge in [-0.3, -0.25) is 14.5 Å². The van der Waals surface area contributed by atoms with Gasteiger partial charge in [0, 0.05) is 25.2 Å². The van der Waals surface area contributed by atoms with Crippen molar-refractivity contribution in [2.24, 2.45) is 5.92 Å². The number of benzene rings is 1. The summed E-state index contributed by atoms with van der Waals surface area (Å²) in [5, 5.41) is 9.19. The molecule has 142 valence electrons. The van der Waals surface area contributed by atoms with Crippen LogP contribution in [0.2, 0.25) is 0 Å². The lowest BCUT2D eigenvalue weighted by Crippen LogP contribution is -2.34. The van der Waals surface area contributed by atoms with E-state index in [0.717, 1.165) is 5.56 Å². The molecule has 0 radical (unpaired) electrons. The lowest BCUT2D eigenvalue weighted by atomic mass is 10.1. The van der Waals surface area contributed by atoms with Crippen LogP contribution in [-0.2, 0) is 25.7 Å². The van der Waals surface area contributed by atoms with Gasteiger partial charge >= 0.3 is 0 Å². The quantitative estimate of drug-likeness (QED) is 0.407. The lowest BCUT2D eigenvalue weighted by Gasteiger charge is -2.24. The summed E-state index contributed by atoms with van der Waals surface area (Å²) in [7, 11) is 1.62. The van der Waals surface area contributed by atoms with Crippen LogP contribution in [0.3, 0.4) is 0 Å². The number of nitrogens with zero attached hydrogens (tertiary/aromatic N) is 2. The molecule has 0 aromatic heterocycles. The zero-order chi connectivity index (χ0) is 18.9. The third-order valence-electron chi connectivity index (χ3n) is 4.23. The van der Waals surface area contributed by atoms with Crippen molar-refractivity contribution >= 4 is 12.3 Å². The van der Waals surface area contributed by atoms with E-state index in [1.807, 2.05) is 37.3 Å². The van der Waals surface area contributed by atoms with Crippen molar-refractivity contribution in [3.8, 4) is 0 Å². The summed E-state index contributed by atoms with van der Waals surface area (Å²) < 4.78 is 11.1. The first-order valence-corrected chi connectivity index (χ1v) is 8.59. The lowest BCUT2D eigenvalue weighted by molar-refractivity contribution is -0.130. The van der Waals surface area contributed by atoms with E-state index in [4.69, 9.17) is 9.47 Å². The molecule has 1 heterocycles. The minimum Gasteiger partial charge on any atom is -0.394 e. The van der Waals surface area contributed by atoms with Gasteiger partial charge in [-0.1, -0.05) is 37.3 Å². The van der Waals surface area contributed by atoms with Crippen molar-refractivity contribution in [2.45, 2.75) is 32.3 Å². The van der Waals surface area contributed by atoms with Gasteiger partial charge in [-0.25, -0.2) is 0 Å². The van der Waals surface area contributed by atoms with Crippen LogP contribution in [0, 0.1) is 5.92 Å². The molecular weight excluding hydrogens is 336 g/mol. The van der Waals surface area contributed by atoms with Crippen LogP contribution in [0.25, 0.3) is 0 Å². The van der Waals surface area contributed by atoms with Gasteiger partial charge in [-0.05, 0) is 12.0 Å². The number of carbonyl (C=O) groups is 2. The predicted molar refractivity (Wildman–Crippen MR) is 95.4 cm³/mol. The van der Waals surface area contributed by atoms with E-state index < -0.39 is 6.23 Å². The van der Waals surface area contributed by atoms with Crippen LogP contribution < -0.4 is 0 Å². The molecule has 1 aromatic rings. The van der Waals surface area contributed by atoms with Crippen molar-refractivity contribution in [1.82, 2.24) is 9.80 Å². The van der Waals surface area contributed by atoms with Crippen LogP contribution in [0.4, 0.5) is 0 Å². The van der Waals surface area contributed by atoms with E-state index in [2.05, 4.69) is 0 Å². The maximum atomic E-state index is 12.2. The summed E-state index contributed by atoms with van der Waals surface area (Å²) in [5.41, 5.74) is 1.03. The molecule has 1 fully saturated rings. The van der Waals surface area contributed by atoms with Crippen LogP contribution in [0.15, 0.2) is 42.6 Å². The van der Waals surface area contributed by atoms with Crippen LogP contribution in [0.1, 0.15) is 18.9 Å². The first-order valence-electron chi connectivity index (χ1n) is 8.59. The number of hydrogen-bond donors (Lipinski definition) is 1. The van der Waals surface area contributed by atoms with Gasteiger partial charge in [0.05, 0.1) is 19.3 Å². The first-order chi connectivity index (χ1) is 12.5. The van der Waals surface area contributed by atoms with E-state index in [0.29, 0.717) is 19.4 Å². The number of rotatable bonds is 9. The van der Waals surface area contributed by atoms with Crippen LogP contribution >= 0.6 is 0 Å². The molecule has 26 heavy (non-hydrogen) atoms. The number of carbonyl (C=O) groups excluding carboxylic acids is 2. The summed E-state index contributed by atoms with van der Waals surface area (Å²) in [6.45, 7) is 2.41.